The molecule has 0 atom stereocenters. The Morgan fingerprint density at radius 2 is 2.03 bits per heavy atom. The second-order valence-corrected chi connectivity index (χ2v) is 9.09. The summed E-state index contributed by atoms with van der Waals surface area (Å²) in [5.41, 5.74) is 7.68. The quantitative estimate of drug-likeness (QED) is 0.370. The Balaban J connectivity index is 1.35. The molecule has 1 aliphatic carbocycles. The van der Waals surface area contributed by atoms with Crippen molar-refractivity contribution >= 4 is 45.1 Å². The number of esters is 1. The zero-order chi connectivity index (χ0) is 24.4. The van der Waals surface area contributed by atoms with Crippen molar-refractivity contribution in [2.24, 2.45) is 5.73 Å². The van der Waals surface area contributed by atoms with Crippen molar-refractivity contribution in [3.63, 3.8) is 0 Å². The molecule has 178 valence electrons. The minimum Gasteiger partial charge on any atom is -0.497 e. The monoisotopic (exact) mass is 484 g/mol. The van der Waals surface area contributed by atoms with Gasteiger partial charge in [0.15, 0.2) is 6.61 Å². The van der Waals surface area contributed by atoms with Crippen LogP contribution in [0.5, 0.6) is 5.75 Å². The van der Waals surface area contributed by atoms with Gasteiger partial charge in [-0.05, 0) is 55.9 Å². The number of nitrogens with one attached hydrogen (secondary N) is 1. The Hall–Kier alpha value is -3.66. The van der Waals surface area contributed by atoms with E-state index in [0.717, 1.165) is 35.1 Å². The van der Waals surface area contributed by atoms with Gasteiger partial charge in [0.2, 0.25) is 0 Å². The van der Waals surface area contributed by atoms with Gasteiger partial charge in [0.1, 0.15) is 16.3 Å². The van der Waals surface area contributed by atoms with Gasteiger partial charge in [-0.15, -0.1) is 11.3 Å². The minimum atomic E-state index is -0.632. The van der Waals surface area contributed by atoms with Crippen molar-refractivity contribution in [1.29, 1.82) is 0 Å². The number of methoxy groups -OCH3 is 1. The molecule has 0 unspecified atom stereocenters. The number of primary amides is 1. The van der Waals surface area contributed by atoms with E-state index in [9.17, 15) is 19.2 Å². The number of anilines is 1. The zero-order valence-corrected chi connectivity index (χ0v) is 19.6. The largest absolute Gasteiger partial charge is 0.497 e. The first-order chi connectivity index (χ1) is 16.3. The van der Waals surface area contributed by atoms with Gasteiger partial charge in [0.05, 0.1) is 12.7 Å². The van der Waals surface area contributed by atoms with Crippen LogP contribution in [0, 0.1) is 6.92 Å². The van der Waals surface area contributed by atoms with E-state index in [1.165, 1.54) is 18.4 Å². The molecule has 1 aromatic carbocycles. The molecule has 9 nitrogen and oxygen atoms in total. The summed E-state index contributed by atoms with van der Waals surface area (Å²) in [7, 11) is 1.52. The van der Waals surface area contributed by atoms with Gasteiger partial charge >= 0.3 is 11.6 Å². The van der Waals surface area contributed by atoms with E-state index >= 15 is 0 Å². The minimum absolute atomic E-state index is 0.0968. The van der Waals surface area contributed by atoms with E-state index in [4.69, 9.17) is 19.6 Å². The normalized spacial score (nSPS) is 12.4. The Labute approximate surface area is 198 Å². The summed E-state index contributed by atoms with van der Waals surface area (Å²) in [6, 6.07) is 5.18. The molecule has 0 bridgehead atoms. The Morgan fingerprint density at radius 3 is 2.76 bits per heavy atom. The van der Waals surface area contributed by atoms with Gasteiger partial charge in [-0.3, -0.25) is 14.4 Å². The second-order valence-electron chi connectivity index (χ2n) is 7.99. The molecular weight excluding hydrogens is 460 g/mol. The van der Waals surface area contributed by atoms with Crippen LogP contribution in [0.15, 0.2) is 27.4 Å². The first-order valence-corrected chi connectivity index (χ1v) is 11.6. The molecular formula is C24H24N2O7S. The predicted molar refractivity (Wildman–Crippen MR) is 127 cm³/mol. The number of carbonyl (C=O) groups is 3. The first kappa shape index (κ1) is 23.5. The third-order valence-electron chi connectivity index (χ3n) is 5.86. The number of ether oxygens (including phenoxy) is 2. The van der Waals surface area contributed by atoms with Crippen LogP contribution < -0.4 is 21.4 Å². The molecule has 0 saturated carbocycles. The molecule has 0 fully saturated rings. The van der Waals surface area contributed by atoms with E-state index in [1.54, 1.807) is 25.1 Å². The fourth-order valence-corrected chi connectivity index (χ4v) is 5.46. The standard InChI is InChI=1S/C24H24N2O7S/c1-12-14-7-6-13(31-2)10-17(14)33-24(30)15(12)8-9-20(28)32-11-19(27)26-23-21(22(25)29)16-4-3-5-18(16)34-23/h6-7,10H,3-5,8-9,11H2,1-2H3,(H2,25,29)(H,26,27). The molecule has 3 N–H and O–H groups in total. The van der Waals surface area contributed by atoms with Crippen LogP contribution in [0.3, 0.4) is 0 Å². The Morgan fingerprint density at radius 1 is 1.24 bits per heavy atom. The number of benzene rings is 1. The van der Waals surface area contributed by atoms with Gasteiger partial charge in [-0.1, -0.05) is 0 Å². The lowest BCUT2D eigenvalue weighted by molar-refractivity contribution is -0.147. The number of amides is 2. The van der Waals surface area contributed by atoms with Crippen LogP contribution in [0.4, 0.5) is 5.00 Å². The molecule has 2 heterocycles. The molecule has 0 aliphatic heterocycles. The van der Waals surface area contributed by atoms with Crippen molar-refractivity contribution in [2.75, 3.05) is 19.0 Å². The van der Waals surface area contributed by atoms with Gasteiger partial charge < -0.3 is 24.9 Å². The lowest BCUT2D eigenvalue weighted by atomic mass is 10.0. The molecule has 34 heavy (non-hydrogen) atoms. The topological polar surface area (TPSA) is 138 Å². The second kappa shape index (κ2) is 9.68. The highest BCUT2D eigenvalue weighted by Crippen LogP contribution is 2.38. The molecule has 0 radical (unpaired) electrons. The van der Waals surface area contributed by atoms with Crippen molar-refractivity contribution in [1.82, 2.24) is 0 Å². The molecule has 3 aromatic rings. The fraction of sp³-hybridized carbons (Fsp3) is 0.333. The summed E-state index contributed by atoms with van der Waals surface area (Å²) in [6.45, 7) is 1.28. The number of nitrogens with two attached hydrogens (primary N) is 1. The average Bonchev–Trinajstić information content (AvgIpc) is 3.37. The first-order valence-electron chi connectivity index (χ1n) is 10.8. The van der Waals surface area contributed by atoms with Crippen molar-refractivity contribution in [3.05, 3.63) is 55.8 Å². The van der Waals surface area contributed by atoms with Crippen molar-refractivity contribution in [2.45, 2.75) is 39.0 Å². The summed E-state index contributed by atoms with van der Waals surface area (Å²) in [4.78, 5) is 49.8. The number of fused-ring (bicyclic) bond motifs is 2. The van der Waals surface area contributed by atoms with Gasteiger partial charge in [-0.25, -0.2) is 4.79 Å². The maximum atomic E-state index is 12.4. The molecule has 0 spiro atoms. The number of hydrogen-bond donors (Lipinski definition) is 2. The Bertz CT molecular complexity index is 1360. The summed E-state index contributed by atoms with van der Waals surface area (Å²) >= 11 is 1.33. The number of aryl methyl sites for hydroxylation is 2. The Kier molecular flexibility index (Phi) is 6.69. The third kappa shape index (κ3) is 4.67. The van der Waals surface area contributed by atoms with E-state index in [-0.39, 0.29) is 12.8 Å². The maximum Gasteiger partial charge on any atom is 0.339 e. The zero-order valence-electron chi connectivity index (χ0n) is 18.8. The SMILES string of the molecule is COc1ccc2c(C)c(CCC(=O)OCC(=O)Nc3sc4c(c3C(N)=O)CCC4)c(=O)oc2c1. The fourth-order valence-electron chi connectivity index (χ4n) is 4.15. The number of thiophene rings is 1. The molecule has 2 amide bonds. The van der Waals surface area contributed by atoms with Crippen molar-refractivity contribution in [3.8, 4) is 5.75 Å². The molecule has 4 rings (SSSR count). The number of rotatable bonds is 8. The molecule has 2 aromatic heterocycles. The van der Waals surface area contributed by atoms with Gasteiger partial charge in [0.25, 0.3) is 11.8 Å². The predicted octanol–water partition coefficient (Wildman–Crippen LogP) is 2.87. The highest BCUT2D eigenvalue weighted by molar-refractivity contribution is 7.17. The lowest BCUT2D eigenvalue weighted by Gasteiger charge is -2.09. The van der Waals surface area contributed by atoms with Crippen LogP contribution >= 0.6 is 11.3 Å². The third-order valence-corrected chi connectivity index (χ3v) is 7.07. The summed E-state index contributed by atoms with van der Waals surface area (Å²) < 4.78 is 15.6. The van der Waals surface area contributed by atoms with Gasteiger partial charge in [0, 0.05) is 28.3 Å². The average molecular weight is 485 g/mol. The maximum absolute atomic E-state index is 12.4. The van der Waals surface area contributed by atoms with Crippen LogP contribution in [0.2, 0.25) is 0 Å². The van der Waals surface area contributed by atoms with Crippen LogP contribution in [0.1, 0.15) is 44.8 Å². The van der Waals surface area contributed by atoms with E-state index in [1.807, 2.05) is 0 Å². The van der Waals surface area contributed by atoms with E-state index in [2.05, 4.69) is 5.32 Å². The van der Waals surface area contributed by atoms with E-state index in [0.29, 0.717) is 33.0 Å². The number of carbonyl (C=O) groups excluding carboxylic acids is 3. The number of hydrogen-bond acceptors (Lipinski definition) is 8. The summed E-state index contributed by atoms with van der Waals surface area (Å²) in [6.07, 6.45) is 2.57. The summed E-state index contributed by atoms with van der Waals surface area (Å²) in [5.74, 6) is -1.21. The molecule has 0 saturated heterocycles. The highest BCUT2D eigenvalue weighted by atomic mass is 32.1. The highest BCUT2D eigenvalue weighted by Gasteiger charge is 2.26. The van der Waals surface area contributed by atoms with Crippen LogP contribution in [0.25, 0.3) is 11.0 Å². The van der Waals surface area contributed by atoms with E-state index < -0.39 is 30.0 Å². The molecule has 1 aliphatic rings. The smallest absolute Gasteiger partial charge is 0.339 e. The molecule has 10 heteroatoms. The van der Waals surface area contributed by atoms with Crippen LogP contribution in [-0.2, 0) is 33.6 Å². The van der Waals surface area contributed by atoms with Crippen molar-refractivity contribution < 1.29 is 28.3 Å². The van der Waals surface area contributed by atoms with Crippen LogP contribution in [-0.4, -0.2) is 31.5 Å². The summed E-state index contributed by atoms with van der Waals surface area (Å²) in [5, 5.41) is 3.76. The lowest BCUT2D eigenvalue weighted by Crippen LogP contribution is -2.23. The van der Waals surface area contributed by atoms with Gasteiger partial charge in [-0.2, -0.15) is 0 Å².